The van der Waals surface area contributed by atoms with Crippen LogP contribution >= 0.6 is 0 Å². The first kappa shape index (κ1) is 17.0. The molecule has 1 saturated carbocycles. The molecule has 3 fully saturated rings. The van der Waals surface area contributed by atoms with Gasteiger partial charge in [-0.15, -0.1) is 0 Å². The minimum Gasteiger partial charge on any atom is -0.472 e. The molecule has 1 aromatic heterocycles. The molecule has 1 aromatic rings. The molecule has 144 valence electrons. The molecule has 1 spiro atoms. The molecule has 3 heterocycles. The first-order valence-electron chi connectivity index (χ1n) is 9.34. The van der Waals surface area contributed by atoms with E-state index in [4.69, 9.17) is 13.9 Å². The van der Waals surface area contributed by atoms with E-state index in [1.807, 2.05) is 13.0 Å². The maximum atomic E-state index is 12.9. The van der Waals surface area contributed by atoms with Gasteiger partial charge in [-0.25, -0.2) is 9.59 Å². The summed E-state index contributed by atoms with van der Waals surface area (Å²) in [6, 6.07) is 1.73. The summed E-state index contributed by atoms with van der Waals surface area (Å²) >= 11 is 0. The number of hydrogen-bond donors (Lipinski definition) is 2. The number of rotatable bonds is 1. The molecule has 27 heavy (non-hydrogen) atoms. The standard InChI is InChI=1S/C20H22O7/c1-18-7-13(11-5-6-25-9-11)27-17(23)20(18,24)15(21)8-19-10-26-16(22)12(19)3-2-4-14(18)19/h3,5-6,9,13-15,21,24H,2,4,7-8,10H2,1H3/t13-,14?,15-,18-,19-,20+/m1/s1. The summed E-state index contributed by atoms with van der Waals surface area (Å²) in [5.74, 6) is -1.36. The second-order valence-corrected chi connectivity index (χ2v) is 8.54. The number of carbonyl (C=O) groups is 2. The molecule has 2 N–H and O–H groups in total. The summed E-state index contributed by atoms with van der Waals surface area (Å²) in [4.78, 5) is 25.2. The van der Waals surface area contributed by atoms with E-state index in [1.54, 1.807) is 6.07 Å². The maximum absolute atomic E-state index is 12.9. The van der Waals surface area contributed by atoms with Crippen LogP contribution in [0.4, 0.5) is 0 Å². The van der Waals surface area contributed by atoms with E-state index >= 15 is 0 Å². The normalized spacial score (nSPS) is 45.9. The second-order valence-electron chi connectivity index (χ2n) is 8.54. The van der Waals surface area contributed by atoms with Crippen LogP contribution in [0.25, 0.3) is 0 Å². The van der Waals surface area contributed by atoms with Crippen LogP contribution in [-0.2, 0) is 19.1 Å². The predicted octanol–water partition coefficient (Wildman–Crippen LogP) is 1.65. The number of cyclic esters (lactones) is 2. The topological polar surface area (TPSA) is 106 Å². The Balaban J connectivity index is 1.65. The Morgan fingerprint density at radius 1 is 1.26 bits per heavy atom. The summed E-state index contributed by atoms with van der Waals surface area (Å²) in [6.45, 7) is 2.01. The van der Waals surface area contributed by atoms with Gasteiger partial charge in [-0.3, -0.25) is 0 Å². The van der Waals surface area contributed by atoms with Gasteiger partial charge in [-0.05, 0) is 37.7 Å². The van der Waals surface area contributed by atoms with Gasteiger partial charge in [0.05, 0.1) is 18.6 Å². The van der Waals surface area contributed by atoms with Gasteiger partial charge >= 0.3 is 11.9 Å². The molecular formula is C20H22O7. The Bertz CT molecular complexity index is 843. The minimum atomic E-state index is -2.02. The molecule has 0 radical (unpaired) electrons. The fraction of sp³-hybridized carbons (Fsp3) is 0.600. The van der Waals surface area contributed by atoms with Gasteiger partial charge in [0.2, 0.25) is 0 Å². The number of ether oxygens (including phenoxy) is 2. The molecule has 7 heteroatoms. The predicted molar refractivity (Wildman–Crippen MR) is 90.0 cm³/mol. The lowest BCUT2D eigenvalue weighted by atomic mass is 9.43. The van der Waals surface area contributed by atoms with Gasteiger partial charge in [0.1, 0.15) is 12.7 Å². The average molecular weight is 374 g/mol. The van der Waals surface area contributed by atoms with Crippen molar-refractivity contribution in [2.75, 3.05) is 6.61 Å². The highest BCUT2D eigenvalue weighted by molar-refractivity contribution is 5.93. The molecule has 5 rings (SSSR count). The highest BCUT2D eigenvalue weighted by Crippen LogP contribution is 2.67. The zero-order valence-electron chi connectivity index (χ0n) is 15.0. The van der Waals surface area contributed by atoms with Crippen LogP contribution in [-0.4, -0.2) is 40.5 Å². The lowest BCUT2D eigenvalue weighted by Crippen LogP contribution is -2.73. The molecule has 0 aromatic carbocycles. The van der Waals surface area contributed by atoms with E-state index in [0.29, 0.717) is 30.4 Å². The molecule has 2 aliphatic heterocycles. The third-order valence-electron chi connectivity index (χ3n) is 7.45. The largest absolute Gasteiger partial charge is 0.472 e. The van der Waals surface area contributed by atoms with Crippen molar-refractivity contribution < 1.29 is 33.7 Å². The number of allylic oxidation sites excluding steroid dienone is 1. The number of esters is 2. The van der Waals surface area contributed by atoms with Crippen molar-refractivity contribution >= 4 is 11.9 Å². The van der Waals surface area contributed by atoms with E-state index in [0.717, 1.165) is 0 Å². The fourth-order valence-corrected chi connectivity index (χ4v) is 6.13. The molecule has 2 saturated heterocycles. The van der Waals surface area contributed by atoms with Crippen molar-refractivity contribution in [2.45, 2.75) is 50.4 Å². The Morgan fingerprint density at radius 2 is 2.07 bits per heavy atom. The quantitative estimate of drug-likeness (QED) is 0.720. The third kappa shape index (κ3) is 1.88. The Morgan fingerprint density at radius 3 is 2.81 bits per heavy atom. The maximum Gasteiger partial charge on any atom is 0.342 e. The first-order chi connectivity index (χ1) is 12.8. The van der Waals surface area contributed by atoms with Crippen molar-refractivity contribution in [3.05, 3.63) is 35.8 Å². The average Bonchev–Trinajstić information content (AvgIpc) is 3.27. The number of hydrogen-bond acceptors (Lipinski definition) is 7. The molecule has 6 atom stereocenters. The number of carbonyl (C=O) groups excluding carboxylic acids is 2. The molecule has 1 unspecified atom stereocenters. The van der Waals surface area contributed by atoms with E-state index in [9.17, 15) is 19.8 Å². The summed E-state index contributed by atoms with van der Waals surface area (Å²) < 4.78 is 16.0. The lowest BCUT2D eigenvalue weighted by molar-refractivity contribution is -0.273. The van der Waals surface area contributed by atoms with Crippen molar-refractivity contribution in [2.24, 2.45) is 16.7 Å². The van der Waals surface area contributed by atoms with Gasteiger partial charge < -0.3 is 24.1 Å². The summed E-state index contributed by atoms with van der Waals surface area (Å²) in [5, 5.41) is 22.4. The summed E-state index contributed by atoms with van der Waals surface area (Å²) in [6.07, 6.45) is 4.82. The monoisotopic (exact) mass is 374 g/mol. The van der Waals surface area contributed by atoms with Crippen LogP contribution in [0, 0.1) is 16.7 Å². The van der Waals surface area contributed by atoms with Crippen LogP contribution in [0.15, 0.2) is 34.7 Å². The van der Waals surface area contributed by atoms with Crippen LogP contribution in [0.3, 0.4) is 0 Å². The molecule has 0 bridgehead atoms. The van der Waals surface area contributed by atoms with Crippen LogP contribution in [0.1, 0.15) is 44.3 Å². The second kappa shape index (κ2) is 5.23. The van der Waals surface area contributed by atoms with E-state index < -0.39 is 34.6 Å². The Hall–Kier alpha value is -2.12. The van der Waals surface area contributed by atoms with Gasteiger partial charge in [0.15, 0.2) is 5.60 Å². The van der Waals surface area contributed by atoms with Gasteiger partial charge in [-0.1, -0.05) is 13.0 Å². The fourth-order valence-electron chi connectivity index (χ4n) is 6.13. The summed E-state index contributed by atoms with van der Waals surface area (Å²) in [7, 11) is 0. The Kier molecular flexibility index (Phi) is 3.30. The van der Waals surface area contributed by atoms with Crippen molar-refractivity contribution in [1.82, 2.24) is 0 Å². The van der Waals surface area contributed by atoms with E-state index in [-0.39, 0.29) is 24.9 Å². The molecular weight excluding hydrogens is 352 g/mol. The van der Waals surface area contributed by atoms with E-state index in [2.05, 4.69) is 0 Å². The zero-order valence-corrected chi connectivity index (χ0v) is 15.0. The zero-order chi connectivity index (χ0) is 19.0. The van der Waals surface area contributed by atoms with Crippen LogP contribution in [0.2, 0.25) is 0 Å². The molecule has 0 amide bonds. The van der Waals surface area contributed by atoms with Crippen molar-refractivity contribution in [3.8, 4) is 0 Å². The minimum absolute atomic E-state index is 0.104. The number of fused-ring (bicyclic) bond motifs is 2. The first-order valence-corrected chi connectivity index (χ1v) is 9.34. The van der Waals surface area contributed by atoms with Gasteiger partial charge in [-0.2, -0.15) is 0 Å². The number of aliphatic hydroxyl groups is 2. The van der Waals surface area contributed by atoms with Crippen molar-refractivity contribution in [3.63, 3.8) is 0 Å². The highest BCUT2D eigenvalue weighted by Gasteiger charge is 2.74. The third-order valence-corrected chi connectivity index (χ3v) is 7.45. The van der Waals surface area contributed by atoms with Crippen LogP contribution in [0.5, 0.6) is 0 Å². The molecule has 2 aliphatic carbocycles. The number of furan rings is 1. The smallest absolute Gasteiger partial charge is 0.342 e. The lowest BCUT2D eigenvalue weighted by Gasteiger charge is -2.63. The highest BCUT2D eigenvalue weighted by atomic mass is 16.6. The van der Waals surface area contributed by atoms with Gasteiger partial charge in [0, 0.05) is 22.0 Å². The summed E-state index contributed by atoms with van der Waals surface area (Å²) in [5.41, 5.74) is -2.37. The van der Waals surface area contributed by atoms with Crippen molar-refractivity contribution in [1.29, 1.82) is 0 Å². The van der Waals surface area contributed by atoms with Crippen LogP contribution < -0.4 is 0 Å². The molecule has 4 aliphatic rings. The number of aliphatic hydroxyl groups excluding tert-OH is 1. The molecule has 7 nitrogen and oxygen atoms in total. The SMILES string of the molecule is C[C@]12C[C@H](c3ccoc3)OC(=O)[C@@]1(O)[C@H](O)C[C@@]13COC(=O)C1=CCCC32. The van der Waals surface area contributed by atoms with E-state index in [1.165, 1.54) is 12.5 Å². The Labute approximate surface area is 155 Å². The van der Waals surface area contributed by atoms with Gasteiger partial charge in [0.25, 0.3) is 0 Å².